The number of hydrogen-bond donors (Lipinski definition) is 3. The lowest BCUT2D eigenvalue weighted by Crippen LogP contribution is -2.30. The van der Waals surface area contributed by atoms with Crippen LogP contribution >= 0.6 is 15.6 Å². The van der Waals surface area contributed by atoms with Crippen molar-refractivity contribution in [1.82, 2.24) is 0 Å². The van der Waals surface area contributed by atoms with E-state index in [0.29, 0.717) is 25.7 Å². The molecule has 0 spiro atoms. The normalized spacial score (nSPS) is 14.3. The van der Waals surface area contributed by atoms with E-state index in [-0.39, 0.29) is 25.7 Å². The zero-order valence-corrected chi connectivity index (χ0v) is 72.4. The topological polar surface area (TPSA) is 237 Å². The minimum atomic E-state index is -4.97. The van der Waals surface area contributed by atoms with E-state index in [4.69, 9.17) is 37.0 Å². The molecule has 0 fully saturated rings. The Labute approximate surface area is 658 Å². The van der Waals surface area contributed by atoms with Gasteiger partial charge in [0, 0.05) is 25.7 Å². The van der Waals surface area contributed by atoms with Gasteiger partial charge in [-0.05, 0) is 43.4 Å². The first kappa shape index (κ1) is 105. The second-order valence-corrected chi connectivity index (χ2v) is 35.5. The smallest absolute Gasteiger partial charge is 0.462 e. The molecule has 7 atom stereocenters. The summed E-state index contributed by atoms with van der Waals surface area (Å²) in [5.41, 5.74) is 0. The molecule has 0 aromatic heterocycles. The van der Waals surface area contributed by atoms with Crippen molar-refractivity contribution in [2.45, 2.75) is 484 Å². The lowest BCUT2D eigenvalue weighted by Gasteiger charge is -2.21. The number of unbranched alkanes of at least 4 members (excludes halogenated alkanes) is 52. The maximum absolute atomic E-state index is 13.2. The Morgan fingerprint density at radius 1 is 0.271 bits per heavy atom. The van der Waals surface area contributed by atoms with E-state index >= 15 is 0 Å². The first-order valence-electron chi connectivity index (χ1n) is 45.4. The highest BCUT2D eigenvalue weighted by atomic mass is 31.2. The van der Waals surface area contributed by atoms with Gasteiger partial charge in [0.2, 0.25) is 0 Å². The maximum Gasteiger partial charge on any atom is 0.472 e. The van der Waals surface area contributed by atoms with Gasteiger partial charge in [-0.15, -0.1) is 0 Å². The number of aliphatic hydroxyl groups excluding tert-OH is 1. The van der Waals surface area contributed by atoms with Gasteiger partial charge < -0.3 is 33.8 Å². The molecule has 0 radical (unpaired) electrons. The molecular formula is C88H172O17P2. The number of rotatable bonds is 86. The molecule has 0 aromatic rings. The molecule has 3 N–H and O–H groups in total. The van der Waals surface area contributed by atoms with E-state index in [0.717, 1.165) is 108 Å². The van der Waals surface area contributed by atoms with Crippen molar-refractivity contribution in [1.29, 1.82) is 0 Å². The lowest BCUT2D eigenvalue weighted by atomic mass is 9.99. The van der Waals surface area contributed by atoms with E-state index in [1.165, 1.54) is 276 Å². The van der Waals surface area contributed by atoms with Gasteiger partial charge in [-0.3, -0.25) is 37.3 Å². The fraction of sp³-hybridized carbons (Fsp3) is 0.955. The average molecular weight is 1560 g/mol. The molecule has 4 unspecified atom stereocenters. The predicted octanol–water partition coefficient (Wildman–Crippen LogP) is 26.9. The van der Waals surface area contributed by atoms with Crippen LogP contribution in [0.3, 0.4) is 0 Å². The monoisotopic (exact) mass is 1560 g/mol. The first-order valence-corrected chi connectivity index (χ1v) is 48.4. The van der Waals surface area contributed by atoms with E-state index in [1.807, 2.05) is 0 Å². The van der Waals surface area contributed by atoms with Gasteiger partial charge >= 0.3 is 39.5 Å². The Morgan fingerprint density at radius 2 is 0.477 bits per heavy atom. The summed E-state index contributed by atoms with van der Waals surface area (Å²) < 4.78 is 68.9. The zero-order chi connectivity index (χ0) is 78.6. The van der Waals surface area contributed by atoms with Crippen LogP contribution in [0.4, 0.5) is 0 Å². The molecule has 636 valence electrons. The largest absolute Gasteiger partial charge is 0.472 e. The molecule has 107 heavy (non-hydrogen) atoms. The van der Waals surface area contributed by atoms with E-state index in [9.17, 15) is 43.2 Å². The van der Waals surface area contributed by atoms with Crippen molar-refractivity contribution < 1.29 is 80.2 Å². The third kappa shape index (κ3) is 79.1. The van der Waals surface area contributed by atoms with Gasteiger partial charge in [-0.2, -0.15) is 0 Å². The Balaban J connectivity index is 5.20. The summed E-state index contributed by atoms with van der Waals surface area (Å²) in [7, 11) is -9.93. The van der Waals surface area contributed by atoms with E-state index in [2.05, 4.69) is 48.5 Å². The summed E-state index contributed by atoms with van der Waals surface area (Å²) in [5.74, 6) is 0.260. The number of hydrogen-bond acceptors (Lipinski definition) is 15. The minimum Gasteiger partial charge on any atom is -0.462 e. The Hall–Kier alpha value is -1.94. The number of phosphoric ester groups is 2. The van der Waals surface area contributed by atoms with Gasteiger partial charge in [-0.25, -0.2) is 9.13 Å². The summed E-state index contributed by atoms with van der Waals surface area (Å²) in [6.07, 6.45) is 69.6. The lowest BCUT2D eigenvalue weighted by molar-refractivity contribution is -0.161. The van der Waals surface area contributed by atoms with Crippen LogP contribution in [-0.2, 0) is 65.4 Å². The van der Waals surface area contributed by atoms with Gasteiger partial charge in [-0.1, -0.05) is 414 Å². The predicted molar refractivity (Wildman–Crippen MR) is 441 cm³/mol. The van der Waals surface area contributed by atoms with Crippen LogP contribution in [-0.4, -0.2) is 96.7 Å². The molecule has 0 aliphatic heterocycles. The SMILES string of the molecule is CCCCCCCCCCCCCCCCCCCCCCCCC(=O)OC[C@H](COP(=O)(O)OC[C@@H](O)COP(=O)(O)OC[C@@H](COC(=O)CCCCCCCCCCC(C)C)OC(=O)CCCCCCCCCCC(C)CC)OC(=O)CCCCCCCCCCCCCCCCCCCCC(C)CC. The zero-order valence-electron chi connectivity index (χ0n) is 70.6. The van der Waals surface area contributed by atoms with Crippen molar-refractivity contribution in [2.24, 2.45) is 17.8 Å². The molecule has 0 rings (SSSR count). The van der Waals surface area contributed by atoms with Crippen molar-refractivity contribution in [3.63, 3.8) is 0 Å². The summed E-state index contributed by atoms with van der Waals surface area (Å²) in [5, 5.41) is 10.7. The number of aliphatic hydroxyl groups is 1. The maximum atomic E-state index is 13.2. The van der Waals surface area contributed by atoms with Crippen molar-refractivity contribution in [2.75, 3.05) is 39.6 Å². The van der Waals surface area contributed by atoms with Crippen LogP contribution in [0.1, 0.15) is 466 Å². The molecule has 0 bridgehead atoms. The third-order valence-corrected chi connectivity index (χ3v) is 23.3. The summed E-state index contributed by atoms with van der Waals surface area (Å²) in [6, 6.07) is 0. The third-order valence-electron chi connectivity index (χ3n) is 21.4. The van der Waals surface area contributed by atoms with Crippen LogP contribution in [0.15, 0.2) is 0 Å². The molecule has 0 saturated heterocycles. The minimum absolute atomic E-state index is 0.105. The fourth-order valence-corrected chi connectivity index (χ4v) is 15.2. The van der Waals surface area contributed by atoms with Crippen LogP contribution in [0.5, 0.6) is 0 Å². The number of esters is 4. The highest BCUT2D eigenvalue weighted by Crippen LogP contribution is 2.45. The van der Waals surface area contributed by atoms with Crippen molar-refractivity contribution in [3.8, 4) is 0 Å². The number of phosphoric acid groups is 2. The van der Waals surface area contributed by atoms with Crippen LogP contribution < -0.4 is 0 Å². The summed E-state index contributed by atoms with van der Waals surface area (Å²) >= 11 is 0. The van der Waals surface area contributed by atoms with Crippen molar-refractivity contribution in [3.05, 3.63) is 0 Å². The highest BCUT2D eigenvalue weighted by molar-refractivity contribution is 7.47. The van der Waals surface area contributed by atoms with Gasteiger partial charge in [0.05, 0.1) is 26.4 Å². The molecule has 0 aliphatic carbocycles. The van der Waals surface area contributed by atoms with Crippen LogP contribution in [0, 0.1) is 17.8 Å². The second-order valence-electron chi connectivity index (χ2n) is 32.6. The molecule has 0 aliphatic rings. The average Bonchev–Trinajstić information content (AvgIpc) is 0.902. The molecule has 19 heteroatoms. The van der Waals surface area contributed by atoms with Crippen LogP contribution in [0.2, 0.25) is 0 Å². The molecule has 17 nitrogen and oxygen atoms in total. The summed E-state index contributed by atoms with van der Waals surface area (Å²) in [4.78, 5) is 73.2. The molecule has 0 saturated carbocycles. The van der Waals surface area contributed by atoms with Gasteiger partial charge in [0.1, 0.15) is 19.3 Å². The van der Waals surface area contributed by atoms with Crippen molar-refractivity contribution >= 4 is 39.5 Å². The standard InChI is InChI=1S/C88H172O17P2/c1-8-11-12-13-14-15-16-17-18-19-20-21-22-23-27-30-33-36-39-48-55-62-69-85(90)98-75-83(104-87(92)71-64-57-50-40-37-34-31-28-25-24-26-29-32-35-38-46-53-60-67-80(6)9-2)77-102-106(94,95)100-73-82(89)74-101-107(96,97)103-78-84(76-99-86(91)70-63-56-49-43-41-45-52-59-66-79(4)5)105-88(93)72-65-58-51-44-42-47-54-61-68-81(7)10-3/h79-84,89H,8-78H2,1-7H3,(H,94,95)(H,96,97)/t80?,81?,82-,83-,84-/m1/s1. The molecule has 0 amide bonds. The molecule has 0 heterocycles. The number of ether oxygens (including phenoxy) is 4. The Kier molecular flexibility index (Phi) is 76.6. The molecular weight excluding hydrogens is 1390 g/mol. The van der Waals surface area contributed by atoms with Gasteiger partial charge in [0.15, 0.2) is 12.2 Å². The van der Waals surface area contributed by atoms with E-state index in [1.54, 1.807) is 0 Å². The number of carbonyl (C=O) groups excluding carboxylic acids is 4. The number of carbonyl (C=O) groups is 4. The molecule has 0 aromatic carbocycles. The summed E-state index contributed by atoms with van der Waals surface area (Å²) in [6.45, 7) is 12.0. The quantitative estimate of drug-likeness (QED) is 0.0222. The fourth-order valence-electron chi connectivity index (χ4n) is 13.7. The van der Waals surface area contributed by atoms with E-state index < -0.39 is 97.5 Å². The highest BCUT2D eigenvalue weighted by Gasteiger charge is 2.31. The second kappa shape index (κ2) is 78.0. The van der Waals surface area contributed by atoms with Gasteiger partial charge in [0.25, 0.3) is 0 Å². The Bertz CT molecular complexity index is 2060. The Morgan fingerprint density at radius 3 is 0.710 bits per heavy atom. The first-order chi connectivity index (χ1) is 51.8. The van der Waals surface area contributed by atoms with Crippen LogP contribution in [0.25, 0.3) is 0 Å².